The molecule has 0 aromatic heterocycles. The number of esters is 1. The SMILES string of the molecule is COc1ccc(CC(=O)Oc2ccc(Cl)cc2N2C(=O)c3c(Br)c(Br)c(Br)c(Br)c3C2=O)cc1. The lowest BCUT2D eigenvalue weighted by atomic mass is 10.1. The number of carbonyl (C=O) groups excluding carboxylic acids is 3. The Kier molecular flexibility index (Phi) is 7.54. The highest BCUT2D eigenvalue weighted by Crippen LogP contribution is 2.47. The number of methoxy groups -OCH3 is 1. The maximum absolute atomic E-state index is 13.4. The molecule has 0 atom stereocenters. The fraction of sp³-hybridized carbons (Fsp3) is 0.0870. The molecule has 0 N–H and O–H groups in total. The summed E-state index contributed by atoms with van der Waals surface area (Å²) in [5.74, 6) is -1.05. The number of amides is 2. The third-order valence-corrected chi connectivity index (χ3v) is 10.00. The Bertz CT molecular complexity index is 1310. The highest BCUT2D eigenvalue weighted by molar-refractivity contribution is 9.15. The van der Waals surface area contributed by atoms with Crippen LogP contribution in [0.3, 0.4) is 0 Å². The summed E-state index contributed by atoms with van der Waals surface area (Å²) >= 11 is 19.8. The normalized spacial score (nSPS) is 12.7. The average molecular weight is 737 g/mol. The van der Waals surface area contributed by atoms with Crippen molar-refractivity contribution in [1.82, 2.24) is 0 Å². The van der Waals surface area contributed by atoms with E-state index in [1.807, 2.05) is 0 Å². The van der Waals surface area contributed by atoms with Gasteiger partial charge in [0.2, 0.25) is 0 Å². The van der Waals surface area contributed by atoms with Gasteiger partial charge in [-0.25, -0.2) is 4.90 Å². The van der Waals surface area contributed by atoms with Crippen LogP contribution in [0, 0.1) is 0 Å². The van der Waals surface area contributed by atoms with E-state index in [0.29, 0.717) is 29.2 Å². The van der Waals surface area contributed by atoms with Crippen LogP contribution in [0.2, 0.25) is 5.02 Å². The number of nitrogens with zero attached hydrogens (tertiary/aromatic N) is 1. The van der Waals surface area contributed by atoms with Crippen molar-refractivity contribution in [3.8, 4) is 11.5 Å². The molecule has 3 aromatic rings. The molecule has 0 unspecified atom stereocenters. The van der Waals surface area contributed by atoms with Crippen molar-refractivity contribution in [2.45, 2.75) is 6.42 Å². The van der Waals surface area contributed by atoms with Gasteiger partial charge in [0.15, 0.2) is 5.75 Å². The molecule has 0 spiro atoms. The van der Waals surface area contributed by atoms with Crippen molar-refractivity contribution >= 4 is 98.8 Å². The lowest BCUT2D eigenvalue weighted by Gasteiger charge is -2.18. The first kappa shape index (κ1) is 25.4. The Hall–Kier alpha value is -1.72. The van der Waals surface area contributed by atoms with Gasteiger partial charge in [0.05, 0.1) is 30.3 Å². The molecule has 4 rings (SSSR count). The van der Waals surface area contributed by atoms with Crippen LogP contribution in [0.4, 0.5) is 5.69 Å². The molecule has 174 valence electrons. The van der Waals surface area contributed by atoms with Crippen molar-refractivity contribution in [3.05, 3.63) is 82.1 Å². The van der Waals surface area contributed by atoms with Gasteiger partial charge in [0.1, 0.15) is 5.75 Å². The molecule has 0 bridgehead atoms. The third-order valence-electron chi connectivity index (χ3n) is 4.99. The molecule has 6 nitrogen and oxygen atoms in total. The first-order valence-electron chi connectivity index (χ1n) is 9.52. The summed E-state index contributed by atoms with van der Waals surface area (Å²) in [5, 5.41) is 0.266. The second-order valence-electron chi connectivity index (χ2n) is 7.06. The molecular formula is C23H12Br4ClNO5. The highest BCUT2D eigenvalue weighted by atomic mass is 79.9. The summed E-state index contributed by atoms with van der Waals surface area (Å²) in [4.78, 5) is 40.3. The number of hydrogen-bond acceptors (Lipinski definition) is 5. The molecule has 1 heterocycles. The Morgan fingerprint density at radius 2 is 1.44 bits per heavy atom. The molecule has 11 heteroatoms. The molecule has 0 saturated carbocycles. The van der Waals surface area contributed by atoms with Gasteiger partial charge in [-0.05, 0) is 99.6 Å². The van der Waals surface area contributed by atoms with Crippen molar-refractivity contribution in [3.63, 3.8) is 0 Å². The summed E-state index contributed by atoms with van der Waals surface area (Å²) in [7, 11) is 1.55. The lowest BCUT2D eigenvalue weighted by Crippen LogP contribution is -2.30. The Morgan fingerprint density at radius 3 is 1.97 bits per heavy atom. The van der Waals surface area contributed by atoms with Crippen LogP contribution >= 0.6 is 75.3 Å². The molecule has 0 saturated heterocycles. The number of benzene rings is 3. The summed E-state index contributed by atoms with van der Waals surface area (Å²) in [6.45, 7) is 0. The van der Waals surface area contributed by atoms with Gasteiger partial charge in [-0.15, -0.1) is 0 Å². The number of rotatable bonds is 5. The van der Waals surface area contributed by atoms with Gasteiger partial charge >= 0.3 is 5.97 Å². The van der Waals surface area contributed by atoms with Crippen LogP contribution < -0.4 is 14.4 Å². The minimum Gasteiger partial charge on any atom is -0.497 e. The van der Waals surface area contributed by atoms with Crippen LogP contribution in [0.1, 0.15) is 26.3 Å². The van der Waals surface area contributed by atoms with Crippen molar-refractivity contribution in [1.29, 1.82) is 0 Å². The van der Waals surface area contributed by atoms with E-state index in [2.05, 4.69) is 63.7 Å². The van der Waals surface area contributed by atoms with Crippen LogP contribution in [0.15, 0.2) is 60.4 Å². The maximum Gasteiger partial charge on any atom is 0.315 e. The summed E-state index contributed by atoms with van der Waals surface area (Å²) in [6, 6.07) is 11.3. The van der Waals surface area contributed by atoms with E-state index in [-0.39, 0.29) is 34.0 Å². The predicted molar refractivity (Wildman–Crippen MR) is 142 cm³/mol. The summed E-state index contributed by atoms with van der Waals surface area (Å²) < 4.78 is 12.6. The van der Waals surface area contributed by atoms with Gasteiger partial charge in [0, 0.05) is 22.9 Å². The van der Waals surface area contributed by atoms with Gasteiger partial charge in [-0.2, -0.15) is 0 Å². The summed E-state index contributed by atoms with van der Waals surface area (Å²) in [5.41, 5.74) is 1.11. The molecular weight excluding hydrogens is 725 g/mol. The number of carbonyl (C=O) groups is 3. The Morgan fingerprint density at radius 1 is 0.882 bits per heavy atom. The molecule has 0 aliphatic carbocycles. The first-order chi connectivity index (χ1) is 16.1. The Labute approximate surface area is 233 Å². The third kappa shape index (κ3) is 4.58. The van der Waals surface area contributed by atoms with E-state index in [9.17, 15) is 14.4 Å². The minimum absolute atomic E-state index is 0.0226. The number of halogens is 5. The fourth-order valence-corrected chi connectivity index (χ4v) is 6.01. The predicted octanol–water partition coefficient (Wildman–Crippen LogP) is 7.35. The molecule has 0 fully saturated rings. The largest absolute Gasteiger partial charge is 0.497 e. The molecule has 3 aromatic carbocycles. The maximum atomic E-state index is 13.4. The van der Waals surface area contributed by atoms with Crippen LogP contribution in [-0.4, -0.2) is 24.9 Å². The number of fused-ring (bicyclic) bond motifs is 1. The number of imide groups is 1. The molecule has 1 aliphatic heterocycles. The lowest BCUT2D eigenvalue weighted by molar-refractivity contribution is -0.133. The van der Waals surface area contributed by atoms with Crippen molar-refractivity contribution < 1.29 is 23.9 Å². The van der Waals surface area contributed by atoms with E-state index in [0.717, 1.165) is 4.90 Å². The first-order valence-corrected chi connectivity index (χ1v) is 13.1. The van der Waals surface area contributed by atoms with E-state index in [1.54, 1.807) is 31.4 Å². The van der Waals surface area contributed by atoms with Crippen molar-refractivity contribution in [2.75, 3.05) is 12.0 Å². The number of ether oxygens (including phenoxy) is 2. The average Bonchev–Trinajstić information content (AvgIpc) is 3.08. The van der Waals surface area contributed by atoms with E-state index in [1.165, 1.54) is 18.2 Å². The zero-order chi connectivity index (χ0) is 24.7. The standard InChI is InChI=1S/C23H12Br4ClNO5/c1-33-12-5-2-10(3-6-12)8-15(30)34-14-7-4-11(28)9-13(14)29-22(31)16-17(23(29)32)19(25)21(27)20(26)18(16)24/h2-7,9H,8H2,1H3. The van der Waals surface area contributed by atoms with Crippen LogP contribution in [-0.2, 0) is 11.2 Å². The smallest absolute Gasteiger partial charge is 0.315 e. The van der Waals surface area contributed by atoms with Gasteiger partial charge in [-0.3, -0.25) is 14.4 Å². The van der Waals surface area contributed by atoms with E-state index < -0.39 is 17.8 Å². The van der Waals surface area contributed by atoms with E-state index >= 15 is 0 Å². The Balaban J connectivity index is 1.69. The molecule has 2 amide bonds. The van der Waals surface area contributed by atoms with Crippen LogP contribution in [0.25, 0.3) is 0 Å². The fourth-order valence-electron chi connectivity index (χ4n) is 3.39. The monoisotopic (exact) mass is 733 g/mol. The molecule has 34 heavy (non-hydrogen) atoms. The molecule has 1 aliphatic rings. The second-order valence-corrected chi connectivity index (χ2v) is 10.7. The van der Waals surface area contributed by atoms with Gasteiger partial charge < -0.3 is 9.47 Å². The minimum atomic E-state index is -0.588. The zero-order valence-corrected chi connectivity index (χ0v) is 24.2. The molecule has 0 radical (unpaired) electrons. The second kappa shape index (κ2) is 10.1. The quantitative estimate of drug-likeness (QED) is 0.0902. The number of hydrogen-bond donors (Lipinski definition) is 0. The van der Waals surface area contributed by atoms with E-state index in [4.69, 9.17) is 21.1 Å². The highest BCUT2D eigenvalue weighted by Gasteiger charge is 2.43. The van der Waals surface area contributed by atoms with Crippen LogP contribution in [0.5, 0.6) is 11.5 Å². The van der Waals surface area contributed by atoms with Gasteiger partial charge in [-0.1, -0.05) is 23.7 Å². The van der Waals surface area contributed by atoms with Gasteiger partial charge in [0.25, 0.3) is 11.8 Å². The topological polar surface area (TPSA) is 72.9 Å². The number of anilines is 1. The summed E-state index contributed by atoms with van der Waals surface area (Å²) in [6.07, 6.45) is -0.0226. The van der Waals surface area contributed by atoms with Crippen molar-refractivity contribution in [2.24, 2.45) is 0 Å². The zero-order valence-electron chi connectivity index (χ0n) is 17.1.